The Labute approximate surface area is 37.0 Å². The lowest BCUT2D eigenvalue weighted by Crippen LogP contribution is -2.52. The van der Waals surface area contributed by atoms with Gasteiger partial charge >= 0.3 is 0 Å². The summed E-state index contributed by atoms with van der Waals surface area (Å²) in [5.74, 6) is 0. The lowest BCUT2D eigenvalue weighted by Gasteiger charge is -1.96. The zero-order valence-corrected chi connectivity index (χ0v) is 3.36. The summed E-state index contributed by atoms with van der Waals surface area (Å²) < 4.78 is 0. The summed E-state index contributed by atoms with van der Waals surface area (Å²) in [6.45, 7) is 2.76. The molecule has 32 valence electrons. The Kier molecular flexibility index (Phi) is 0.725. The smallest absolute Gasteiger partial charge is 0.0607 e. The van der Waals surface area contributed by atoms with Crippen molar-refractivity contribution in [3.63, 3.8) is 0 Å². The van der Waals surface area contributed by atoms with Crippen LogP contribution < -0.4 is 11.1 Å². The van der Waals surface area contributed by atoms with Gasteiger partial charge in [-0.2, -0.15) is 6.08 Å². The molecule has 1 aliphatic heterocycles. The van der Waals surface area contributed by atoms with Crippen molar-refractivity contribution in [3.8, 4) is 0 Å². The monoisotopic (exact) mass is 82.1 g/mol. The van der Waals surface area contributed by atoms with Gasteiger partial charge in [0.1, 0.15) is 0 Å². The molecule has 0 aromatic rings. The fourth-order valence-corrected chi connectivity index (χ4v) is 0.318. The Morgan fingerprint density at radius 3 is 2.83 bits per heavy atom. The molecule has 0 atom stereocenters. The zero-order valence-electron chi connectivity index (χ0n) is 3.36. The minimum absolute atomic E-state index is 0.912. The van der Waals surface area contributed by atoms with E-state index in [-0.39, 0.29) is 0 Å². The van der Waals surface area contributed by atoms with E-state index >= 15 is 0 Å². The summed E-state index contributed by atoms with van der Waals surface area (Å²) in [5, 5.41) is 2.74. The number of hydrogen-bond donors (Lipinski definition) is 2. The van der Waals surface area contributed by atoms with Crippen molar-refractivity contribution in [2.24, 2.45) is 0 Å². The molecule has 0 saturated heterocycles. The molecule has 1 aliphatic rings. The van der Waals surface area contributed by atoms with Crippen molar-refractivity contribution < 1.29 is 5.73 Å². The van der Waals surface area contributed by atoms with Crippen molar-refractivity contribution in [3.05, 3.63) is 24.9 Å². The number of hydrogen-bond acceptors (Lipinski definition) is 1. The van der Waals surface area contributed by atoms with Crippen molar-refractivity contribution in [2.75, 3.05) is 0 Å². The minimum Gasteiger partial charge on any atom is -0.467 e. The van der Waals surface area contributed by atoms with E-state index in [1.807, 2.05) is 6.08 Å². The molecule has 2 nitrogen and oxygen atoms in total. The summed E-state index contributed by atoms with van der Waals surface area (Å²) in [5.41, 5.74) is 3.59. The fourth-order valence-electron chi connectivity index (χ4n) is 0.318. The second-order valence-corrected chi connectivity index (χ2v) is 1.13. The topological polar surface area (TPSA) is 39.7 Å². The molecule has 0 bridgehead atoms. The third-order valence-electron chi connectivity index (χ3n) is 0.601. The van der Waals surface area contributed by atoms with Crippen LogP contribution in [0.4, 0.5) is 0 Å². The van der Waals surface area contributed by atoms with Crippen LogP contribution in [-0.4, -0.2) is 0 Å². The van der Waals surface area contributed by atoms with Gasteiger partial charge in [-0.3, -0.25) is 0 Å². The van der Waals surface area contributed by atoms with Crippen LogP contribution in [0, 0.1) is 12.6 Å². The van der Waals surface area contributed by atoms with Crippen LogP contribution in [0.1, 0.15) is 0 Å². The molecule has 0 unspecified atom stereocenters. The van der Waals surface area contributed by atoms with E-state index in [0.29, 0.717) is 0 Å². The van der Waals surface area contributed by atoms with Gasteiger partial charge in [0.2, 0.25) is 0 Å². The average molecular weight is 82.1 g/mol. The largest absolute Gasteiger partial charge is 0.467 e. The van der Waals surface area contributed by atoms with Crippen LogP contribution in [0.2, 0.25) is 0 Å². The van der Waals surface area contributed by atoms with E-state index in [1.165, 1.54) is 0 Å². The van der Waals surface area contributed by atoms with Crippen LogP contribution >= 0.6 is 0 Å². The Morgan fingerprint density at radius 1 is 1.83 bits per heavy atom. The van der Waals surface area contributed by atoms with E-state index in [9.17, 15) is 0 Å². The van der Waals surface area contributed by atoms with Gasteiger partial charge < -0.3 is 11.1 Å². The number of nitrogens with one attached hydrogen (secondary N) is 1. The SMILES string of the molecule is [NH3+][C-]1[C]NC=C1. The van der Waals surface area contributed by atoms with Gasteiger partial charge in [-0.25, -0.2) is 0 Å². The Hall–Kier alpha value is -0.630. The van der Waals surface area contributed by atoms with Crippen LogP contribution in [0.3, 0.4) is 0 Å². The van der Waals surface area contributed by atoms with E-state index in [4.69, 9.17) is 0 Å². The maximum atomic E-state index is 3.59. The average Bonchev–Trinajstić information content (AvgIpc) is 1.86. The quantitative estimate of drug-likeness (QED) is 0.358. The molecule has 6 heavy (non-hydrogen) atoms. The van der Waals surface area contributed by atoms with Gasteiger partial charge in [0, 0.05) is 0 Å². The van der Waals surface area contributed by atoms with Gasteiger partial charge in [-0.05, 0) is 6.04 Å². The van der Waals surface area contributed by atoms with Crippen molar-refractivity contribution in [2.45, 2.75) is 0 Å². The highest BCUT2D eigenvalue weighted by Gasteiger charge is 1.92. The maximum absolute atomic E-state index is 3.59. The zero-order chi connectivity index (χ0) is 4.41. The van der Waals surface area contributed by atoms with Crippen molar-refractivity contribution in [1.29, 1.82) is 0 Å². The molecule has 0 saturated carbocycles. The molecule has 2 heteroatoms. The highest BCUT2D eigenvalue weighted by Crippen LogP contribution is 1.96. The van der Waals surface area contributed by atoms with Gasteiger partial charge in [-0.1, -0.05) is 0 Å². The van der Waals surface area contributed by atoms with E-state index in [0.717, 1.165) is 6.04 Å². The summed E-state index contributed by atoms with van der Waals surface area (Å²) in [6.07, 6.45) is 3.66. The maximum Gasteiger partial charge on any atom is 0.0607 e. The van der Waals surface area contributed by atoms with Gasteiger partial charge in [0.25, 0.3) is 0 Å². The first-order valence-electron chi connectivity index (χ1n) is 1.76. The normalized spacial score (nSPS) is 18.5. The van der Waals surface area contributed by atoms with Crippen LogP contribution in [-0.2, 0) is 0 Å². The molecule has 1 heterocycles. The molecule has 0 amide bonds. The Bertz CT molecular complexity index is 67.9. The molecule has 0 aromatic heterocycles. The van der Waals surface area contributed by atoms with Gasteiger partial charge in [0.05, 0.1) is 6.54 Å². The molecule has 0 spiro atoms. The second-order valence-electron chi connectivity index (χ2n) is 1.13. The number of quaternary nitrogens is 1. The van der Waals surface area contributed by atoms with Gasteiger partial charge in [-0.15, -0.1) is 6.20 Å². The number of rotatable bonds is 0. The van der Waals surface area contributed by atoms with Gasteiger partial charge in [0.15, 0.2) is 0 Å². The first-order chi connectivity index (χ1) is 2.89. The van der Waals surface area contributed by atoms with Crippen LogP contribution in [0.15, 0.2) is 12.3 Å². The molecular weight excluding hydrogens is 76.1 g/mol. The lowest BCUT2D eigenvalue weighted by atomic mass is 10.4. The first kappa shape index (κ1) is 3.56. The van der Waals surface area contributed by atoms with Crippen LogP contribution in [0.5, 0.6) is 0 Å². The third kappa shape index (κ3) is 0.466. The second kappa shape index (κ2) is 1.22. The first-order valence-corrected chi connectivity index (χ1v) is 1.76. The summed E-state index contributed by atoms with van der Waals surface area (Å²) in [4.78, 5) is 0. The fraction of sp³-hybridized carbons (Fsp3) is 0. The van der Waals surface area contributed by atoms with E-state index < -0.39 is 0 Å². The molecule has 0 aromatic carbocycles. The highest BCUT2D eigenvalue weighted by atomic mass is 14.9. The molecular formula is C4H6N2. The molecule has 1 rings (SSSR count). The molecule has 0 fully saturated rings. The van der Waals surface area contributed by atoms with E-state index in [1.54, 1.807) is 6.20 Å². The van der Waals surface area contributed by atoms with Crippen molar-refractivity contribution in [1.82, 2.24) is 5.32 Å². The highest BCUT2D eigenvalue weighted by molar-refractivity contribution is 5.15. The third-order valence-corrected chi connectivity index (χ3v) is 0.601. The summed E-state index contributed by atoms with van der Waals surface area (Å²) in [7, 11) is 0. The van der Waals surface area contributed by atoms with E-state index in [2.05, 4.69) is 17.6 Å². The minimum atomic E-state index is 0.912. The Morgan fingerprint density at radius 2 is 2.67 bits per heavy atom. The lowest BCUT2D eigenvalue weighted by molar-refractivity contribution is -0.333. The molecule has 0 aliphatic carbocycles. The van der Waals surface area contributed by atoms with Crippen molar-refractivity contribution >= 4 is 0 Å². The predicted octanol–water partition coefficient (Wildman–Crippen LogP) is -1.08. The Balaban J connectivity index is 2.38. The van der Waals surface area contributed by atoms with Crippen LogP contribution in [0.25, 0.3) is 0 Å². The molecule has 2 radical (unpaired) electrons. The summed E-state index contributed by atoms with van der Waals surface area (Å²) >= 11 is 0. The predicted molar refractivity (Wildman–Crippen MR) is 21.6 cm³/mol. The standard InChI is InChI=1S/C4H6N2/c5-4-1-2-6-3-4/h1-2,6H,5H3. The summed E-state index contributed by atoms with van der Waals surface area (Å²) in [6, 6.07) is 0.912. The molecule has 4 N–H and O–H groups in total.